The minimum absolute atomic E-state index is 0.0646. The number of hydrogen-bond donors (Lipinski definition) is 0. The monoisotopic (exact) mass is 477 g/mol. The molecule has 1 saturated heterocycles. The third-order valence-corrected chi connectivity index (χ3v) is 7.99. The number of aromatic nitrogens is 1. The zero-order chi connectivity index (χ0) is 24.6. The molecule has 0 aliphatic carbocycles. The number of hydrogen-bond acceptors (Lipinski definition) is 6. The van der Waals surface area contributed by atoms with Gasteiger partial charge in [-0.05, 0) is 52.8 Å². The van der Waals surface area contributed by atoms with Gasteiger partial charge in [0.05, 0.1) is 25.7 Å². The molecule has 0 N–H and O–H groups in total. The Balaban J connectivity index is 1.67. The van der Waals surface area contributed by atoms with Crippen LogP contribution in [0.5, 0.6) is 11.5 Å². The molecule has 0 radical (unpaired) electrons. The molecule has 0 amide bonds. The summed E-state index contributed by atoms with van der Waals surface area (Å²) in [6.07, 6.45) is 0. The number of nitrogens with zero attached hydrogens (tertiary/aromatic N) is 3. The number of ether oxygens (including phenoxy) is 2. The van der Waals surface area contributed by atoms with Crippen LogP contribution in [0.15, 0.2) is 29.2 Å². The Bertz CT molecular complexity index is 1120. The molecule has 182 valence electrons. The first-order valence-electron chi connectivity index (χ1n) is 11.1. The van der Waals surface area contributed by atoms with E-state index in [1.165, 1.54) is 30.7 Å². The summed E-state index contributed by atoms with van der Waals surface area (Å²) in [6, 6.07) is 6.56. The highest BCUT2D eigenvalue weighted by Gasteiger charge is 2.31. The van der Waals surface area contributed by atoms with E-state index in [1.807, 2.05) is 24.8 Å². The van der Waals surface area contributed by atoms with Gasteiger partial charge in [0.15, 0.2) is 17.3 Å². The first-order valence-corrected chi connectivity index (χ1v) is 12.5. The number of benzene rings is 1. The van der Waals surface area contributed by atoms with Crippen molar-refractivity contribution in [2.75, 3.05) is 46.9 Å². The zero-order valence-electron chi connectivity index (χ0n) is 20.6. The molecule has 1 aromatic carbocycles. The fourth-order valence-electron chi connectivity index (χ4n) is 4.62. The molecule has 8 nitrogen and oxygen atoms in total. The molecule has 0 atom stereocenters. The van der Waals surface area contributed by atoms with Crippen molar-refractivity contribution in [2.45, 2.75) is 45.1 Å². The smallest absolute Gasteiger partial charge is 0.243 e. The van der Waals surface area contributed by atoms with Crippen LogP contribution in [0, 0.1) is 13.8 Å². The van der Waals surface area contributed by atoms with Gasteiger partial charge in [0.25, 0.3) is 0 Å². The van der Waals surface area contributed by atoms with E-state index in [1.54, 1.807) is 6.07 Å². The van der Waals surface area contributed by atoms with Crippen molar-refractivity contribution in [3.8, 4) is 11.5 Å². The Morgan fingerprint density at radius 2 is 1.58 bits per heavy atom. The molecule has 0 spiro atoms. The molecule has 2 heterocycles. The van der Waals surface area contributed by atoms with Crippen LogP contribution in [0.3, 0.4) is 0 Å². The predicted molar refractivity (Wildman–Crippen MR) is 128 cm³/mol. The van der Waals surface area contributed by atoms with Crippen LogP contribution in [0.25, 0.3) is 0 Å². The average Bonchev–Trinajstić information content (AvgIpc) is 3.07. The number of Topliss-reactive ketones (excluding diaryl/α,β-unsaturated/α-hetero) is 1. The van der Waals surface area contributed by atoms with E-state index < -0.39 is 10.0 Å². The second-order valence-electron chi connectivity index (χ2n) is 9.41. The van der Waals surface area contributed by atoms with Crippen molar-refractivity contribution < 1.29 is 22.7 Å². The van der Waals surface area contributed by atoms with Gasteiger partial charge in [0, 0.05) is 54.7 Å². The Kier molecular flexibility index (Phi) is 7.26. The van der Waals surface area contributed by atoms with Crippen molar-refractivity contribution in [3.63, 3.8) is 0 Å². The van der Waals surface area contributed by atoms with Gasteiger partial charge in [-0.15, -0.1) is 0 Å². The summed E-state index contributed by atoms with van der Waals surface area (Å²) in [5.74, 6) is 0.913. The fraction of sp³-hybridized carbons (Fsp3) is 0.542. The maximum absolute atomic E-state index is 13.1. The van der Waals surface area contributed by atoms with E-state index in [0.717, 1.165) is 17.0 Å². The number of carbonyl (C=O) groups is 1. The van der Waals surface area contributed by atoms with Crippen molar-refractivity contribution in [1.29, 1.82) is 0 Å². The average molecular weight is 478 g/mol. The SMILES string of the molecule is COc1ccc(S(=O)(=O)N2CCN(CC(=O)c3cc(C)n(C(C)(C)C)c3C)CC2)cc1OC. The van der Waals surface area contributed by atoms with Gasteiger partial charge in [-0.3, -0.25) is 9.69 Å². The van der Waals surface area contributed by atoms with Crippen LogP contribution in [0.1, 0.15) is 42.5 Å². The summed E-state index contributed by atoms with van der Waals surface area (Å²) >= 11 is 0. The molecule has 1 fully saturated rings. The second kappa shape index (κ2) is 9.48. The van der Waals surface area contributed by atoms with E-state index in [9.17, 15) is 13.2 Å². The van der Waals surface area contributed by atoms with Crippen molar-refractivity contribution >= 4 is 15.8 Å². The third-order valence-electron chi connectivity index (χ3n) is 6.09. The molecule has 1 aliphatic heterocycles. The number of aryl methyl sites for hydroxylation is 1. The number of sulfonamides is 1. The lowest BCUT2D eigenvalue weighted by molar-refractivity contribution is 0.0901. The van der Waals surface area contributed by atoms with Gasteiger partial charge in [0.1, 0.15) is 0 Å². The number of methoxy groups -OCH3 is 2. The molecule has 0 unspecified atom stereocenters. The van der Waals surface area contributed by atoms with Crippen LogP contribution < -0.4 is 9.47 Å². The quantitative estimate of drug-likeness (QED) is 0.570. The lowest BCUT2D eigenvalue weighted by Gasteiger charge is -2.33. The molecule has 2 aromatic rings. The lowest BCUT2D eigenvalue weighted by Crippen LogP contribution is -2.49. The van der Waals surface area contributed by atoms with Crippen LogP contribution >= 0.6 is 0 Å². The largest absolute Gasteiger partial charge is 0.493 e. The van der Waals surface area contributed by atoms with Crippen molar-refractivity contribution in [1.82, 2.24) is 13.8 Å². The first kappa shape index (κ1) is 25.3. The summed E-state index contributed by atoms with van der Waals surface area (Å²) in [5, 5.41) is 0. The number of rotatable bonds is 7. The highest BCUT2D eigenvalue weighted by atomic mass is 32.2. The van der Waals surface area contributed by atoms with Crippen LogP contribution in [-0.4, -0.2) is 74.9 Å². The Labute approximate surface area is 197 Å². The van der Waals surface area contributed by atoms with Crippen LogP contribution in [0.2, 0.25) is 0 Å². The van der Waals surface area contributed by atoms with Crippen LogP contribution in [0.4, 0.5) is 0 Å². The normalized spacial score (nSPS) is 16.1. The Hall–Kier alpha value is -2.36. The maximum atomic E-state index is 13.1. The predicted octanol–water partition coefficient (Wildman–Crippen LogP) is 3.07. The topological polar surface area (TPSA) is 81.1 Å². The summed E-state index contributed by atoms with van der Waals surface area (Å²) in [4.78, 5) is 15.2. The minimum atomic E-state index is -3.67. The number of piperazine rings is 1. The van der Waals surface area contributed by atoms with E-state index >= 15 is 0 Å². The highest BCUT2D eigenvalue weighted by molar-refractivity contribution is 7.89. The molecule has 0 saturated carbocycles. The van der Waals surface area contributed by atoms with Crippen molar-refractivity contribution in [2.24, 2.45) is 0 Å². The summed E-state index contributed by atoms with van der Waals surface area (Å²) in [5.41, 5.74) is 2.67. The van der Waals surface area contributed by atoms with E-state index in [4.69, 9.17) is 9.47 Å². The van der Waals surface area contributed by atoms with Gasteiger partial charge in [-0.1, -0.05) is 0 Å². The molecule has 9 heteroatoms. The zero-order valence-corrected chi connectivity index (χ0v) is 21.5. The van der Waals surface area contributed by atoms with Gasteiger partial charge in [0.2, 0.25) is 10.0 Å². The van der Waals surface area contributed by atoms with E-state index in [-0.39, 0.29) is 22.8 Å². The van der Waals surface area contributed by atoms with Gasteiger partial charge < -0.3 is 14.0 Å². The summed E-state index contributed by atoms with van der Waals surface area (Å²) in [7, 11) is -0.684. The molecule has 33 heavy (non-hydrogen) atoms. The van der Waals surface area contributed by atoms with E-state index in [0.29, 0.717) is 37.7 Å². The van der Waals surface area contributed by atoms with E-state index in [2.05, 4.69) is 25.3 Å². The standard InChI is InChI=1S/C24H35N3O5S/c1-17-14-20(18(2)27(17)24(3,4)5)21(28)16-25-10-12-26(13-11-25)33(29,30)19-8-9-22(31-6)23(15-19)32-7/h8-9,14-15H,10-13,16H2,1-7H3. The summed E-state index contributed by atoms with van der Waals surface area (Å²) < 4.78 is 40.3. The Morgan fingerprint density at radius 3 is 2.09 bits per heavy atom. The first-order chi connectivity index (χ1) is 15.4. The number of carbonyl (C=O) groups excluding carboxylic acids is 1. The fourth-order valence-corrected chi connectivity index (χ4v) is 6.06. The van der Waals surface area contributed by atoms with Crippen LogP contribution in [-0.2, 0) is 15.6 Å². The molecule has 0 bridgehead atoms. The molecule has 1 aromatic heterocycles. The Morgan fingerprint density at radius 1 is 0.970 bits per heavy atom. The van der Waals surface area contributed by atoms with Gasteiger partial charge in [-0.2, -0.15) is 4.31 Å². The lowest BCUT2D eigenvalue weighted by atomic mass is 10.1. The summed E-state index contributed by atoms with van der Waals surface area (Å²) in [6.45, 7) is 12.3. The molecular formula is C24H35N3O5S. The molecular weight excluding hydrogens is 442 g/mol. The highest BCUT2D eigenvalue weighted by Crippen LogP contribution is 2.31. The number of ketones is 1. The molecule has 1 aliphatic rings. The second-order valence-corrected chi connectivity index (χ2v) is 11.3. The third kappa shape index (κ3) is 5.10. The van der Waals surface area contributed by atoms with Gasteiger partial charge in [-0.25, -0.2) is 8.42 Å². The molecule has 3 rings (SSSR count). The maximum Gasteiger partial charge on any atom is 0.243 e. The van der Waals surface area contributed by atoms with Gasteiger partial charge >= 0.3 is 0 Å². The van der Waals surface area contributed by atoms with Crippen molar-refractivity contribution in [3.05, 3.63) is 41.2 Å². The minimum Gasteiger partial charge on any atom is -0.493 e.